The summed E-state index contributed by atoms with van der Waals surface area (Å²) in [4.78, 5) is 0. The molecule has 0 aliphatic rings. The Kier molecular flexibility index (Phi) is 5.88. The van der Waals surface area contributed by atoms with Gasteiger partial charge in [0, 0.05) is 0 Å². The molecule has 0 saturated heterocycles. The van der Waals surface area contributed by atoms with Gasteiger partial charge in [0.05, 0.1) is 4.47 Å². The number of allylic oxidation sites excluding steroid dienone is 1. The molecule has 0 fully saturated rings. The van der Waals surface area contributed by atoms with E-state index in [2.05, 4.69) is 15.9 Å². The minimum atomic E-state index is -1.04. The third kappa shape index (κ3) is 3.21. The number of benzene rings is 1. The van der Waals surface area contributed by atoms with Gasteiger partial charge < -0.3 is 5.41 Å². The molecule has 0 amide bonds. The van der Waals surface area contributed by atoms with Crippen molar-refractivity contribution in [3.8, 4) is 0 Å². The largest absolute Gasteiger partial charge is 1.00 e. The number of nitrogens with one attached hydrogen (secondary N) is 1. The van der Waals surface area contributed by atoms with E-state index in [9.17, 15) is 8.78 Å². The van der Waals surface area contributed by atoms with Crippen molar-refractivity contribution in [2.75, 3.05) is 0 Å². The summed E-state index contributed by atoms with van der Waals surface area (Å²) in [5.41, 5.74) is -0.141. The van der Waals surface area contributed by atoms with Crippen LogP contribution >= 0.6 is 15.9 Å². The monoisotopic (exact) mass is 281 g/mol. The molecule has 0 bridgehead atoms. The molecule has 74 valence electrons. The molecule has 0 unspecified atom stereocenters. The second-order valence-electron chi connectivity index (χ2n) is 2.76. The topological polar surface area (TPSA) is 23.9 Å². The van der Waals surface area contributed by atoms with Crippen LogP contribution < -0.4 is 29.6 Å². The van der Waals surface area contributed by atoms with Crippen molar-refractivity contribution in [2.45, 2.75) is 6.92 Å². The minimum absolute atomic E-state index is 0. The molecule has 1 aromatic carbocycles. The van der Waals surface area contributed by atoms with E-state index in [-0.39, 0.29) is 50.9 Å². The molecule has 1 N–H and O–H groups in total. The molecule has 5 heteroatoms. The first-order valence-corrected chi connectivity index (χ1v) is 4.56. The fourth-order valence-electron chi connectivity index (χ4n) is 0.936. The predicted octanol–water partition coefficient (Wildman–Crippen LogP) is 0.587. The molecular weight excluding hydrogens is 275 g/mol. The Morgan fingerprint density at radius 3 is 2.33 bits per heavy atom. The van der Waals surface area contributed by atoms with Crippen LogP contribution in [0.4, 0.5) is 8.78 Å². The fourth-order valence-corrected chi connectivity index (χ4v) is 1.24. The van der Waals surface area contributed by atoms with Crippen LogP contribution in [0, 0.1) is 23.6 Å². The van der Waals surface area contributed by atoms with Crippen molar-refractivity contribution in [1.29, 1.82) is 5.41 Å². The van der Waals surface area contributed by atoms with Gasteiger partial charge in [-0.15, -0.1) is 6.07 Å². The molecule has 0 radical (unpaired) electrons. The molecule has 0 aliphatic carbocycles. The summed E-state index contributed by atoms with van der Waals surface area (Å²) >= 11 is 2.85. The number of halogens is 3. The maximum Gasteiger partial charge on any atom is 1.00 e. The van der Waals surface area contributed by atoms with Gasteiger partial charge in [0.2, 0.25) is 0 Å². The zero-order chi connectivity index (χ0) is 10.9. The average Bonchev–Trinajstić information content (AvgIpc) is 2.13. The maximum absolute atomic E-state index is 13.3. The van der Waals surface area contributed by atoms with E-state index in [0.717, 1.165) is 0 Å². The van der Waals surface area contributed by atoms with Gasteiger partial charge in [0.15, 0.2) is 5.82 Å². The van der Waals surface area contributed by atoms with Crippen LogP contribution in [0.2, 0.25) is 0 Å². The molecule has 0 aliphatic heterocycles. The van der Waals surface area contributed by atoms with E-state index in [4.69, 9.17) is 12.0 Å². The average molecular weight is 282 g/mol. The Bertz CT molecular complexity index is 418. The van der Waals surface area contributed by atoms with Gasteiger partial charge >= 0.3 is 29.6 Å². The van der Waals surface area contributed by atoms with Crippen molar-refractivity contribution in [3.63, 3.8) is 0 Å². The zero-order valence-corrected chi connectivity index (χ0v) is 12.0. The van der Waals surface area contributed by atoms with Crippen LogP contribution in [0.1, 0.15) is 12.5 Å². The normalized spacial score (nSPS) is 9.33. The van der Waals surface area contributed by atoms with E-state index in [1.807, 2.05) is 0 Å². The van der Waals surface area contributed by atoms with Gasteiger partial charge in [0.25, 0.3) is 0 Å². The van der Waals surface area contributed by atoms with Crippen LogP contribution in [0.15, 0.2) is 16.6 Å². The third-order valence-corrected chi connectivity index (χ3v) is 2.34. The summed E-state index contributed by atoms with van der Waals surface area (Å²) in [6, 6.07) is 2.68. The van der Waals surface area contributed by atoms with Crippen LogP contribution in [0.25, 0.3) is 5.57 Å². The van der Waals surface area contributed by atoms with E-state index in [0.29, 0.717) is 0 Å². The van der Waals surface area contributed by atoms with Gasteiger partial charge in [-0.05, 0) is 15.9 Å². The second-order valence-corrected chi connectivity index (χ2v) is 3.62. The quantitative estimate of drug-likeness (QED) is 0.355. The van der Waals surface area contributed by atoms with Gasteiger partial charge in [-0.2, -0.15) is 5.57 Å². The van der Waals surface area contributed by atoms with Gasteiger partial charge in [-0.3, -0.25) is 0 Å². The summed E-state index contributed by atoms with van der Waals surface area (Å²) in [6.45, 7) is 6.84. The van der Waals surface area contributed by atoms with Crippen molar-refractivity contribution >= 4 is 27.2 Å². The number of rotatable bonds is 2. The molecule has 0 aromatic heterocycles. The van der Waals surface area contributed by atoms with Gasteiger partial charge in [0.1, 0.15) is 5.82 Å². The molecular formula is C10H7BrF2NNa. The van der Waals surface area contributed by atoms with E-state index >= 15 is 0 Å². The first-order valence-electron chi connectivity index (χ1n) is 3.77. The van der Waals surface area contributed by atoms with Crippen LogP contribution in [0.3, 0.4) is 0 Å². The Balaban J connectivity index is 0.00000196. The van der Waals surface area contributed by atoms with Crippen molar-refractivity contribution in [1.82, 2.24) is 0 Å². The molecule has 0 heterocycles. The van der Waals surface area contributed by atoms with Crippen molar-refractivity contribution < 1.29 is 38.3 Å². The maximum atomic E-state index is 13.3. The Morgan fingerprint density at radius 2 is 1.87 bits per heavy atom. The van der Waals surface area contributed by atoms with Crippen LogP contribution in [-0.2, 0) is 0 Å². The van der Waals surface area contributed by atoms with Crippen LogP contribution in [-0.4, -0.2) is 5.71 Å². The molecule has 15 heavy (non-hydrogen) atoms. The summed E-state index contributed by atoms with van der Waals surface area (Å²) in [5, 5.41) is 7.20. The Labute approximate surface area is 117 Å². The first-order chi connectivity index (χ1) is 6.45. The summed E-state index contributed by atoms with van der Waals surface area (Å²) in [7, 11) is 0. The molecule has 1 aromatic rings. The summed E-state index contributed by atoms with van der Waals surface area (Å²) < 4.78 is 26.4. The number of hydrogen-bond acceptors (Lipinski definition) is 1. The first kappa shape index (κ1) is 15.0. The van der Waals surface area contributed by atoms with Gasteiger partial charge in [-0.1, -0.05) is 24.3 Å². The second kappa shape index (κ2) is 5.89. The predicted molar refractivity (Wildman–Crippen MR) is 55.2 cm³/mol. The smallest absolute Gasteiger partial charge is 0.369 e. The summed E-state index contributed by atoms with van der Waals surface area (Å²) in [6.07, 6.45) is 0. The molecule has 0 atom stereocenters. The molecule has 0 spiro atoms. The van der Waals surface area contributed by atoms with E-state index < -0.39 is 11.6 Å². The molecule has 0 saturated carbocycles. The van der Waals surface area contributed by atoms with E-state index in [1.165, 1.54) is 19.1 Å². The molecule has 1 rings (SSSR count). The van der Waals surface area contributed by atoms with E-state index in [1.54, 1.807) is 0 Å². The number of hydrogen-bond donors (Lipinski definition) is 1. The zero-order valence-electron chi connectivity index (χ0n) is 8.37. The Hall–Kier alpha value is -0.0300. The van der Waals surface area contributed by atoms with Crippen LogP contribution in [0.5, 0.6) is 0 Å². The standard InChI is InChI=1S/C10H7BrF2N.Na/c1-5(6(2)14)7-3-4-8(11)10(13)9(7)12;/h1,3-4,14H,2H3;/q-1;+1. The fraction of sp³-hybridized carbons (Fsp3) is 0.100. The third-order valence-electron chi connectivity index (χ3n) is 1.73. The Morgan fingerprint density at radius 1 is 1.33 bits per heavy atom. The summed E-state index contributed by atoms with van der Waals surface area (Å²) in [5.74, 6) is -2.03. The van der Waals surface area contributed by atoms with Gasteiger partial charge in [-0.25, -0.2) is 15.4 Å². The van der Waals surface area contributed by atoms with Crippen molar-refractivity contribution in [2.24, 2.45) is 0 Å². The SMILES string of the molecule is [CH-]=C(C(C)=N)c1ccc(Br)c(F)c1F.[Na+]. The molecule has 1 nitrogen and oxygen atoms in total. The van der Waals surface area contributed by atoms with Crippen molar-refractivity contribution in [3.05, 3.63) is 40.4 Å². The minimum Gasteiger partial charge on any atom is -0.369 e.